The number of aromatic amines is 1. The van der Waals surface area contributed by atoms with Crippen LogP contribution in [0.5, 0.6) is 0 Å². The highest BCUT2D eigenvalue weighted by atomic mass is 35.5. The second kappa shape index (κ2) is 5.58. The number of nitrogens with two attached hydrogens (primary N) is 1. The molecule has 0 fully saturated rings. The number of hydrogen-bond donors (Lipinski definition) is 2. The molecule has 0 saturated heterocycles. The summed E-state index contributed by atoms with van der Waals surface area (Å²) in [6.07, 6.45) is 0.675. The predicted molar refractivity (Wildman–Crippen MR) is 74.6 cm³/mol. The summed E-state index contributed by atoms with van der Waals surface area (Å²) < 4.78 is 0. The van der Waals surface area contributed by atoms with Crippen molar-refractivity contribution in [3.8, 4) is 0 Å². The van der Waals surface area contributed by atoms with Gasteiger partial charge in [0.2, 0.25) is 0 Å². The molecule has 0 radical (unpaired) electrons. The summed E-state index contributed by atoms with van der Waals surface area (Å²) in [6, 6.07) is 1.22. The molecule has 0 atom stereocenters. The number of nitrogens with one attached hydrogen (secondary N) is 1. The van der Waals surface area contributed by atoms with Crippen molar-refractivity contribution in [1.29, 1.82) is 0 Å². The Morgan fingerprint density at radius 2 is 2.16 bits per heavy atom. The third-order valence-electron chi connectivity index (χ3n) is 2.34. The molecule has 0 spiro atoms. The number of aromatic nitrogens is 4. The van der Waals surface area contributed by atoms with E-state index in [9.17, 15) is 4.79 Å². The van der Waals surface area contributed by atoms with Gasteiger partial charge in [-0.1, -0.05) is 18.5 Å². The van der Waals surface area contributed by atoms with Crippen LogP contribution in [0.1, 0.15) is 18.3 Å². The van der Waals surface area contributed by atoms with Crippen molar-refractivity contribution >= 4 is 29.2 Å². The maximum Gasteiger partial charge on any atom is 0.253 e. The van der Waals surface area contributed by atoms with Gasteiger partial charge in [0.15, 0.2) is 5.16 Å². The van der Waals surface area contributed by atoms with Gasteiger partial charge < -0.3 is 10.7 Å². The molecule has 0 saturated carbocycles. The van der Waals surface area contributed by atoms with Crippen molar-refractivity contribution in [3.05, 3.63) is 33.0 Å². The molecular weight excluding hydrogens is 286 g/mol. The normalized spacial score (nSPS) is 10.7. The molecule has 19 heavy (non-hydrogen) atoms. The SMILES string of the molecule is CCc1nc(Cl)c(C)c(Sc2nc(N)cc(=O)[nH]2)n1. The topological polar surface area (TPSA) is 97.5 Å². The summed E-state index contributed by atoms with van der Waals surface area (Å²) in [4.78, 5) is 26.5. The Morgan fingerprint density at radius 3 is 2.79 bits per heavy atom. The fraction of sp³-hybridized carbons (Fsp3) is 0.273. The lowest BCUT2D eigenvalue weighted by Crippen LogP contribution is -2.09. The molecule has 2 aromatic rings. The fourth-order valence-electron chi connectivity index (χ4n) is 1.36. The van der Waals surface area contributed by atoms with Crippen molar-refractivity contribution in [2.45, 2.75) is 30.5 Å². The van der Waals surface area contributed by atoms with Crippen molar-refractivity contribution in [3.63, 3.8) is 0 Å². The quantitative estimate of drug-likeness (QED) is 0.662. The minimum absolute atomic E-state index is 0.166. The summed E-state index contributed by atoms with van der Waals surface area (Å²) in [6.45, 7) is 3.75. The van der Waals surface area contributed by atoms with Crippen molar-refractivity contribution in [2.24, 2.45) is 0 Å². The molecule has 6 nitrogen and oxygen atoms in total. The number of nitrogens with zero attached hydrogens (tertiary/aromatic N) is 3. The third kappa shape index (κ3) is 3.24. The molecule has 2 rings (SSSR count). The monoisotopic (exact) mass is 297 g/mol. The molecule has 0 aromatic carbocycles. The van der Waals surface area contributed by atoms with E-state index >= 15 is 0 Å². The highest BCUT2D eigenvalue weighted by Gasteiger charge is 2.11. The lowest BCUT2D eigenvalue weighted by atomic mass is 10.3. The zero-order chi connectivity index (χ0) is 14.0. The van der Waals surface area contributed by atoms with Gasteiger partial charge >= 0.3 is 0 Å². The van der Waals surface area contributed by atoms with Crippen LogP contribution in [0.4, 0.5) is 5.82 Å². The molecule has 0 unspecified atom stereocenters. The minimum Gasteiger partial charge on any atom is -0.383 e. The van der Waals surface area contributed by atoms with E-state index < -0.39 is 0 Å². The Bertz CT molecular complexity index is 673. The highest BCUT2D eigenvalue weighted by Crippen LogP contribution is 2.28. The smallest absolute Gasteiger partial charge is 0.253 e. The van der Waals surface area contributed by atoms with Crippen molar-refractivity contribution in [2.75, 3.05) is 5.73 Å². The van der Waals surface area contributed by atoms with E-state index in [-0.39, 0.29) is 11.4 Å². The van der Waals surface area contributed by atoms with Gasteiger partial charge in [-0.05, 0) is 18.7 Å². The number of rotatable bonds is 3. The maximum atomic E-state index is 11.3. The van der Waals surface area contributed by atoms with Gasteiger partial charge in [0, 0.05) is 18.1 Å². The van der Waals surface area contributed by atoms with Crippen LogP contribution in [0.15, 0.2) is 21.0 Å². The largest absolute Gasteiger partial charge is 0.383 e. The molecule has 2 heterocycles. The molecule has 2 aromatic heterocycles. The van der Waals surface area contributed by atoms with Crippen LogP contribution in [0, 0.1) is 6.92 Å². The van der Waals surface area contributed by atoms with Crippen LogP contribution in [-0.4, -0.2) is 19.9 Å². The summed E-state index contributed by atoms with van der Waals surface area (Å²) in [5.41, 5.74) is 5.98. The molecule has 0 aliphatic carbocycles. The first-order valence-electron chi connectivity index (χ1n) is 5.57. The van der Waals surface area contributed by atoms with Crippen molar-refractivity contribution < 1.29 is 0 Å². The number of hydrogen-bond acceptors (Lipinski definition) is 6. The lowest BCUT2D eigenvalue weighted by Gasteiger charge is -2.07. The second-order valence-electron chi connectivity index (χ2n) is 3.79. The molecule has 0 aliphatic heterocycles. The van der Waals surface area contributed by atoms with Gasteiger partial charge in [-0.3, -0.25) is 4.79 Å². The van der Waals surface area contributed by atoms with E-state index in [0.29, 0.717) is 27.6 Å². The first kappa shape index (κ1) is 13.8. The first-order valence-corrected chi connectivity index (χ1v) is 6.76. The summed E-state index contributed by atoms with van der Waals surface area (Å²) in [5.74, 6) is 0.809. The van der Waals surface area contributed by atoms with Gasteiger partial charge in [-0.2, -0.15) is 0 Å². The summed E-state index contributed by atoms with van der Waals surface area (Å²) in [5, 5.41) is 1.44. The molecule has 0 bridgehead atoms. The lowest BCUT2D eigenvalue weighted by molar-refractivity contribution is 0.864. The molecule has 100 valence electrons. The predicted octanol–water partition coefficient (Wildman–Crippen LogP) is 1.82. The van der Waals surface area contributed by atoms with Gasteiger partial charge in [-0.15, -0.1) is 0 Å². The van der Waals surface area contributed by atoms with Crippen LogP contribution in [0.3, 0.4) is 0 Å². The number of aryl methyl sites for hydroxylation is 1. The van der Waals surface area contributed by atoms with Crippen LogP contribution in [-0.2, 0) is 6.42 Å². The Balaban J connectivity index is 2.42. The highest BCUT2D eigenvalue weighted by molar-refractivity contribution is 7.99. The Hall–Kier alpha value is -1.60. The Kier molecular flexibility index (Phi) is 4.06. The number of anilines is 1. The average Bonchev–Trinajstić information content (AvgIpc) is 2.33. The van der Waals surface area contributed by atoms with E-state index in [2.05, 4.69) is 19.9 Å². The fourth-order valence-corrected chi connectivity index (χ4v) is 2.49. The second-order valence-corrected chi connectivity index (χ2v) is 5.13. The van der Waals surface area contributed by atoms with E-state index in [0.717, 1.165) is 5.56 Å². The molecular formula is C11H12ClN5OS. The van der Waals surface area contributed by atoms with Crippen molar-refractivity contribution in [1.82, 2.24) is 19.9 Å². The van der Waals surface area contributed by atoms with Gasteiger partial charge in [-0.25, -0.2) is 15.0 Å². The van der Waals surface area contributed by atoms with E-state index in [1.165, 1.54) is 17.8 Å². The molecule has 3 N–H and O–H groups in total. The Labute approximate surface area is 118 Å². The van der Waals surface area contributed by atoms with Crippen LogP contribution in [0.2, 0.25) is 5.15 Å². The van der Waals surface area contributed by atoms with E-state index in [1.54, 1.807) is 0 Å². The summed E-state index contributed by atoms with van der Waals surface area (Å²) in [7, 11) is 0. The average molecular weight is 298 g/mol. The number of nitrogen functional groups attached to an aromatic ring is 1. The molecule has 0 aliphatic rings. The third-order valence-corrected chi connectivity index (χ3v) is 3.68. The summed E-state index contributed by atoms with van der Waals surface area (Å²) >= 11 is 7.25. The van der Waals surface area contributed by atoms with Crippen LogP contribution < -0.4 is 11.3 Å². The van der Waals surface area contributed by atoms with E-state index in [1.807, 2.05) is 13.8 Å². The van der Waals surface area contributed by atoms with Crippen LogP contribution in [0.25, 0.3) is 0 Å². The zero-order valence-electron chi connectivity index (χ0n) is 10.4. The van der Waals surface area contributed by atoms with E-state index in [4.69, 9.17) is 17.3 Å². The van der Waals surface area contributed by atoms with Gasteiger partial charge in [0.05, 0.1) is 0 Å². The first-order chi connectivity index (χ1) is 8.99. The number of halogens is 1. The maximum absolute atomic E-state index is 11.3. The Morgan fingerprint density at radius 1 is 1.42 bits per heavy atom. The molecule has 0 amide bonds. The standard InChI is InChI=1S/C11H12ClN5OS/c1-3-7-15-9(12)5(2)10(16-7)19-11-14-6(13)4-8(18)17-11/h4H,3H2,1-2H3,(H3,13,14,17,18). The van der Waals surface area contributed by atoms with Gasteiger partial charge in [0.25, 0.3) is 5.56 Å². The molecule has 8 heteroatoms. The zero-order valence-corrected chi connectivity index (χ0v) is 12.0. The number of H-pyrrole nitrogens is 1. The van der Waals surface area contributed by atoms with Gasteiger partial charge in [0.1, 0.15) is 21.8 Å². The van der Waals surface area contributed by atoms with Crippen LogP contribution >= 0.6 is 23.4 Å². The minimum atomic E-state index is -0.302.